The predicted molar refractivity (Wildman–Crippen MR) is 116 cm³/mol. The molecule has 140 valence electrons. The van der Waals surface area contributed by atoms with E-state index < -0.39 is 8.07 Å². The van der Waals surface area contributed by atoms with Gasteiger partial charge in [0.25, 0.3) is 0 Å². The van der Waals surface area contributed by atoms with Crippen LogP contribution in [-0.2, 0) is 0 Å². The lowest BCUT2D eigenvalue weighted by Crippen LogP contribution is -2.51. The second-order valence-electron chi connectivity index (χ2n) is 8.57. The third-order valence-corrected chi connectivity index (χ3v) is 7.20. The van der Waals surface area contributed by atoms with E-state index in [9.17, 15) is 0 Å². The fourth-order valence-corrected chi connectivity index (χ4v) is 5.76. The van der Waals surface area contributed by atoms with Crippen LogP contribution in [-0.4, -0.2) is 18.6 Å². The normalized spacial score (nSPS) is 21.1. The summed E-state index contributed by atoms with van der Waals surface area (Å²) in [7, 11) is -0.529. The molecule has 0 spiro atoms. The molecule has 2 aromatic rings. The molecule has 2 atom stereocenters. The summed E-state index contributed by atoms with van der Waals surface area (Å²) >= 11 is 0. The molecule has 1 fully saturated rings. The lowest BCUT2D eigenvalue weighted by atomic mass is 9.89. The summed E-state index contributed by atoms with van der Waals surface area (Å²) in [5.41, 5.74) is 0.325. The maximum atomic E-state index is 4.08. The SMILES string of the molecule is CC(C)(C)CN[C@@H]1CCCC[C@H]1NP(c1ccccc1)c1ccccc1. The molecule has 3 heteroatoms. The topological polar surface area (TPSA) is 24.1 Å². The number of hydrogen-bond donors (Lipinski definition) is 2. The fourth-order valence-electron chi connectivity index (χ4n) is 3.59. The Morgan fingerprint density at radius 1 is 0.808 bits per heavy atom. The minimum absolute atomic E-state index is 0.325. The quantitative estimate of drug-likeness (QED) is 0.730. The molecule has 1 aliphatic rings. The van der Waals surface area contributed by atoms with Gasteiger partial charge in [0, 0.05) is 26.7 Å². The van der Waals surface area contributed by atoms with E-state index in [2.05, 4.69) is 91.8 Å². The van der Waals surface area contributed by atoms with Gasteiger partial charge < -0.3 is 5.32 Å². The first kappa shape index (κ1) is 19.5. The van der Waals surface area contributed by atoms with Gasteiger partial charge in [-0.2, -0.15) is 0 Å². The largest absolute Gasteiger partial charge is 0.312 e. The second kappa shape index (κ2) is 9.13. The lowest BCUT2D eigenvalue weighted by Gasteiger charge is -2.37. The van der Waals surface area contributed by atoms with E-state index in [1.165, 1.54) is 36.3 Å². The molecule has 3 rings (SSSR count). The van der Waals surface area contributed by atoms with Crippen molar-refractivity contribution in [2.24, 2.45) is 5.41 Å². The van der Waals surface area contributed by atoms with Crippen LogP contribution in [0, 0.1) is 5.41 Å². The van der Waals surface area contributed by atoms with E-state index >= 15 is 0 Å². The Hall–Kier alpha value is -1.21. The van der Waals surface area contributed by atoms with Crippen molar-refractivity contribution in [1.29, 1.82) is 0 Å². The van der Waals surface area contributed by atoms with E-state index in [4.69, 9.17) is 0 Å². The summed E-state index contributed by atoms with van der Waals surface area (Å²) in [6.07, 6.45) is 5.22. The van der Waals surface area contributed by atoms with Gasteiger partial charge in [-0.05, 0) is 28.9 Å². The van der Waals surface area contributed by atoms with E-state index in [-0.39, 0.29) is 0 Å². The van der Waals surface area contributed by atoms with Crippen LogP contribution in [0.25, 0.3) is 0 Å². The number of nitrogens with one attached hydrogen (secondary N) is 2. The van der Waals surface area contributed by atoms with Crippen LogP contribution >= 0.6 is 8.07 Å². The molecular formula is C23H33N2P. The maximum Gasteiger partial charge on any atom is 0.0263 e. The molecule has 1 saturated carbocycles. The van der Waals surface area contributed by atoms with Crippen LogP contribution in [0.1, 0.15) is 46.5 Å². The average molecular weight is 369 g/mol. The van der Waals surface area contributed by atoms with Gasteiger partial charge in [0.05, 0.1) is 0 Å². The molecule has 0 radical (unpaired) electrons. The first-order chi connectivity index (χ1) is 12.5. The highest BCUT2D eigenvalue weighted by Gasteiger charge is 2.28. The minimum Gasteiger partial charge on any atom is -0.312 e. The van der Waals surface area contributed by atoms with Gasteiger partial charge in [-0.25, -0.2) is 0 Å². The highest BCUT2D eigenvalue weighted by Crippen LogP contribution is 2.33. The molecule has 0 heterocycles. The van der Waals surface area contributed by atoms with Crippen molar-refractivity contribution in [2.75, 3.05) is 6.54 Å². The Kier molecular flexibility index (Phi) is 6.86. The van der Waals surface area contributed by atoms with Crippen molar-refractivity contribution < 1.29 is 0 Å². The summed E-state index contributed by atoms with van der Waals surface area (Å²) in [6.45, 7) is 8.01. The molecule has 0 aromatic heterocycles. The zero-order valence-electron chi connectivity index (χ0n) is 16.4. The first-order valence-corrected chi connectivity index (χ1v) is 11.3. The van der Waals surface area contributed by atoms with Gasteiger partial charge in [0.1, 0.15) is 0 Å². The summed E-state index contributed by atoms with van der Waals surface area (Å²) in [5, 5.41) is 10.8. The van der Waals surface area contributed by atoms with Crippen LogP contribution in [0.15, 0.2) is 60.7 Å². The molecule has 2 aromatic carbocycles. The van der Waals surface area contributed by atoms with Crippen molar-refractivity contribution in [3.8, 4) is 0 Å². The summed E-state index contributed by atoms with van der Waals surface area (Å²) in [4.78, 5) is 0. The van der Waals surface area contributed by atoms with Crippen LogP contribution < -0.4 is 21.0 Å². The third-order valence-electron chi connectivity index (χ3n) is 4.98. The Morgan fingerprint density at radius 2 is 1.31 bits per heavy atom. The summed E-state index contributed by atoms with van der Waals surface area (Å²) < 4.78 is 0. The Bertz CT molecular complexity index is 611. The number of benzene rings is 2. The minimum atomic E-state index is -0.529. The summed E-state index contributed by atoms with van der Waals surface area (Å²) in [5.74, 6) is 0. The summed E-state index contributed by atoms with van der Waals surface area (Å²) in [6, 6.07) is 23.0. The maximum absolute atomic E-state index is 4.08. The van der Waals surface area contributed by atoms with Gasteiger partial charge in [-0.15, -0.1) is 0 Å². The number of rotatable bonds is 6. The Labute approximate surface area is 160 Å². The molecule has 0 unspecified atom stereocenters. The molecule has 2 N–H and O–H groups in total. The third kappa shape index (κ3) is 5.64. The Morgan fingerprint density at radius 3 is 1.81 bits per heavy atom. The molecule has 26 heavy (non-hydrogen) atoms. The van der Waals surface area contributed by atoms with Crippen LogP contribution in [0.3, 0.4) is 0 Å². The van der Waals surface area contributed by atoms with Gasteiger partial charge in [-0.3, -0.25) is 5.09 Å². The van der Waals surface area contributed by atoms with E-state index in [0.717, 1.165) is 6.54 Å². The fraction of sp³-hybridized carbons (Fsp3) is 0.478. The molecule has 1 aliphatic carbocycles. The zero-order valence-corrected chi connectivity index (χ0v) is 17.3. The van der Waals surface area contributed by atoms with Gasteiger partial charge in [-0.1, -0.05) is 94.3 Å². The van der Waals surface area contributed by atoms with Crippen molar-refractivity contribution in [1.82, 2.24) is 10.4 Å². The van der Waals surface area contributed by atoms with Gasteiger partial charge >= 0.3 is 0 Å². The second-order valence-corrected chi connectivity index (χ2v) is 10.5. The van der Waals surface area contributed by atoms with Crippen molar-refractivity contribution in [2.45, 2.75) is 58.5 Å². The molecule has 0 saturated heterocycles. The smallest absolute Gasteiger partial charge is 0.0263 e. The van der Waals surface area contributed by atoms with Gasteiger partial charge in [0.2, 0.25) is 0 Å². The molecule has 0 amide bonds. The number of hydrogen-bond acceptors (Lipinski definition) is 2. The van der Waals surface area contributed by atoms with Crippen molar-refractivity contribution in [3.63, 3.8) is 0 Å². The van der Waals surface area contributed by atoms with Crippen molar-refractivity contribution >= 4 is 18.7 Å². The average Bonchev–Trinajstić information content (AvgIpc) is 2.66. The monoisotopic (exact) mass is 368 g/mol. The van der Waals surface area contributed by atoms with E-state index in [0.29, 0.717) is 17.5 Å². The molecular weight excluding hydrogens is 335 g/mol. The van der Waals surface area contributed by atoms with Crippen LogP contribution in [0.2, 0.25) is 0 Å². The molecule has 2 nitrogen and oxygen atoms in total. The molecule has 0 aliphatic heterocycles. The zero-order chi connectivity index (χ0) is 18.4. The Balaban J connectivity index is 1.78. The predicted octanol–water partition coefficient (Wildman–Crippen LogP) is 4.57. The van der Waals surface area contributed by atoms with Crippen LogP contribution in [0.4, 0.5) is 0 Å². The van der Waals surface area contributed by atoms with Crippen molar-refractivity contribution in [3.05, 3.63) is 60.7 Å². The highest BCUT2D eigenvalue weighted by molar-refractivity contribution is 7.71. The highest BCUT2D eigenvalue weighted by atomic mass is 31.1. The van der Waals surface area contributed by atoms with E-state index in [1.54, 1.807) is 0 Å². The standard InChI is InChI=1S/C23H33N2P/c1-23(2,3)18-24-21-16-10-11-17-22(21)25-26(19-12-6-4-7-13-19)20-14-8-5-9-15-20/h4-9,12-15,21-22,24-25H,10-11,16-18H2,1-3H3/t21-,22-/m1/s1. The van der Waals surface area contributed by atoms with Crippen LogP contribution in [0.5, 0.6) is 0 Å². The first-order valence-electron chi connectivity index (χ1n) is 9.93. The van der Waals surface area contributed by atoms with Gasteiger partial charge in [0.15, 0.2) is 0 Å². The van der Waals surface area contributed by atoms with E-state index in [1.807, 2.05) is 0 Å². The molecule has 0 bridgehead atoms. The lowest BCUT2D eigenvalue weighted by molar-refractivity contribution is 0.274.